The van der Waals surface area contributed by atoms with Gasteiger partial charge in [-0.25, -0.2) is 9.97 Å². The topological polar surface area (TPSA) is 59.8 Å². The number of hydrogen-bond acceptors (Lipinski definition) is 5. The molecule has 5 nitrogen and oxygen atoms in total. The first-order chi connectivity index (χ1) is 9.65. The van der Waals surface area contributed by atoms with E-state index in [2.05, 4.69) is 15.3 Å². The van der Waals surface area contributed by atoms with Crippen molar-refractivity contribution in [2.75, 3.05) is 5.32 Å². The molecule has 3 aromatic rings. The minimum absolute atomic E-state index is 0.155. The highest BCUT2D eigenvalue weighted by Gasteiger charge is 2.14. The van der Waals surface area contributed by atoms with Gasteiger partial charge < -0.3 is 4.57 Å². The van der Waals surface area contributed by atoms with Crippen molar-refractivity contribution in [1.29, 1.82) is 0 Å². The van der Waals surface area contributed by atoms with Gasteiger partial charge >= 0.3 is 0 Å². The van der Waals surface area contributed by atoms with E-state index in [1.807, 2.05) is 42.2 Å². The molecule has 0 bridgehead atoms. The van der Waals surface area contributed by atoms with Gasteiger partial charge in [-0.1, -0.05) is 0 Å². The maximum atomic E-state index is 12.1. The predicted octanol–water partition coefficient (Wildman–Crippen LogP) is 3.17. The van der Waals surface area contributed by atoms with Gasteiger partial charge in [-0.05, 0) is 19.1 Å². The number of nitrogens with one attached hydrogen (secondary N) is 1. The van der Waals surface area contributed by atoms with Gasteiger partial charge in [0.25, 0.3) is 5.91 Å². The first-order valence-electron chi connectivity index (χ1n) is 5.94. The average molecular weight is 304 g/mol. The van der Waals surface area contributed by atoms with Crippen LogP contribution in [0.3, 0.4) is 0 Å². The second-order valence-corrected chi connectivity index (χ2v) is 5.98. The van der Waals surface area contributed by atoms with Gasteiger partial charge in [0, 0.05) is 18.6 Å². The molecule has 1 N–H and O–H groups in total. The largest absolute Gasteiger partial charge is 0.349 e. The molecule has 0 radical (unpaired) electrons. The highest BCUT2D eigenvalue weighted by molar-refractivity contribution is 7.14. The lowest BCUT2D eigenvalue weighted by Crippen LogP contribution is -2.11. The lowest BCUT2D eigenvalue weighted by Gasteiger charge is -2.00. The highest BCUT2D eigenvalue weighted by Crippen LogP contribution is 2.25. The summed E-state index contributed by atoms with van der Waals surface area (Å²) in [6.45, 7) is 1.82. The summed E-state index contributed by atoms with van der Waals surface area (Å²) in [6, 6.07) is 3.96. The Morgan fingerprint density at radius 1 is 1.40 bits per heavy atom. The fourth-order valence-electron chi connectivity index (χ4n) is 1.85. The number of aromatic nitrogens is 3. The fraction of sp³-hybridized carbons (Fsp3) is 0.154. The monoisotopic (exact) mass is 304 g/mol. The number of carbonyl (C=O) groups excluding carboxylic acids is 1. The van der Waals surface area contributed by atoms with Crippen LogP contribution in [0.2, 0.25) is 0 Å². The van der Waals surface area contributed by atoms with E-state index in [0.29, 0.717) is 10.0 Å². The molecule has 3 rings (SSSR count). The zero-order valence-corrected chi connectivity index (χ0v) is 12.6. The minimum Gasteiger partial charge on any atom is -0.349 e. The maximum Gasteiger partial charge on any atom is 0.269 e. The van der Waals surface area contributed by atoms with Crippen LogP contribution in [0.4, 0.5) is 5.13 Å². The van der Waals surface area contributed by atoms with E-state index in [0.717, 1.165) is 17.1 Å². The summed E-state index contributed by atoms with van der Waals surface area (Å²) in [7, 11) is 1.97. The number of aryl methyl sites for hydroxylation is 2. The molecular weight excluding hydrogens is 292 g/mol. The van der Waals surface area contributed by atoms with Crippen LogP contribution in [0.15, 0.2) is 29.2 Å². The Morgan fingerprint density at radius 2 is 2.25 bits per heavy atom. The Balaban J connectivity index is 1.80. The first-order valence-corrected chi connectivity index (χ1v) is 7.70. The molecule has 0 fully saturated rings. The van der Waals surface area contributed by atoms with E-state index >= 15 is 0 Å². The van der Waals surface area contributed by atoms with E-state index in [9.17, 15) is 4.79 Å². The van der Waals surface area contributed by atoms with Crippen molar-refractivity contribution >= 4 is 33.7 Å². The molecule has 0 atom stereocenters. The fourth-order valence-corrected chi connectivity index (χ4v) is 3.25. The Bertz CT molecular complexity index is 756. The molecule has 3 heterocycles. The van der Waals surface area contributed by atoms with Gasteiger partial charge in [-0.2, -0.15) is 0 Å². The van der Waals surface area contributed by atoms with Crippen molar-refractivity contribution in [2.24, 2.45) is 7.05 Å². The van der Waals surface area contributed by atoms with Gasteiger partial charge in [-0.15, -0.1) is 22.7 Å². The standard InChI is InChI=1S/C13H12N4OS2/c1-8-11(20-7-14-8)12(18)16-13-15-9(6-19-13)10-4-3-5-17(10)2/h3-7H,1-2H3,(H,15,16,18). The van der Waals surface area contributed by atoms with E-state index < -0.39 is 0 Å². The molecule has 0 saturated carbocycles. The summed E-state index contributed by atoms with van der Waals surface area (Å²) in [6.07, 6.45) is 1.97. The van der Waals surface area contributed by atoms with Crippen molar-refractivity contribution in [2.45, 2.75) is 6.92 Å². The number of anilines is 1. The van der Waals surface area contributed by atoms with Crippen LogP contribution in [0.25, 0.3) is 11.4 Å². The van der Waals surface area contributed by atoms with Crippen molar-refractivity contribution in [3.63, 3.8) is 0 Å². The number of carbonyl (C=O) groups is 1. The molecule has 102 valence electrons. The molecule has 3 aromatic heterocycles. The molecule has 0 aromatic carbocycles. The van der Waals surface area contributed by atoms with Crippen LogP contribution in [0.1, 0.15) is 15.4 Å². The minimum atomic E-state index is -0.155. The zero-order chi connectivity index (χ0) is 14.1. The van der Waals surface area contributed by atoms with Crippen LogP contribution in [0.5, 0.6) is 0 Å². The number of rotatable bonds is 3. The van der Waals surface area contributed by atoms with Crippen LogP contribution in [-0.4, -0.2) is 20.4 Å². The summed E-state index contributed by atoms with van der Waals surface area (Å²) < 4.78 is 1.99. The third-order valence-electron chi connectivity index (χ3n) is 2.88. The molecule has 0 spiro atoms. The van der Waals surface area contributed by atoms with Gasteiger partial charge in [0.15, 0.2) is 5.13 Å². The van der Waals surface area contributed by atoms with Gasteiger partial charge in [0.1, 0.15) is 4.88 Å². The van der Waals surface area contributed by atoms with E-state index in [1.165, 1.54) is 22.7 Å². The average Bonchev–Trinajstić information content (AvgIpc) is 3.10. The van der Waals surface area contributed by atoms with Gasteiger partial charge in [0.2, 0.25) is 0 Å². The van der Waals surface area contributed by atoms with E-state index in [4.69, 9.17) is 0 Å². The summed E-state index contributed by atoms with van der Waals surface area (Å²) in [4.78, 5) is 21.2. The molecule has 1 amide bonds. The predicted molar refractivity (Wildman–Crippen MR) is 81.3 cm³/mol. The molecular formula is C13H12N4OS2. The Kier molecular flexibility index (Phi) is 3.37. The smallest absolute Gasteiger partial charge is 0.269 e. The van der Waals surface area contributed by atoms with E-state index in [1.54, 1.807) is 5.51 Å². The number of hydrogen-bond donors (Lipinski definition) is 1. The third-order valence-corrected chi connectivity index (χ3v) is 4.57. The number of amides is 1. The number of nitrogens with zero attached hydrogens (tertiary/aromatic N) is 3. The Morgan fingerprint density at radius 3 is 2.90 bits per heavy atom. The first kappa shape index (κ1) is 13.0. The van der Waals surface area contributed by atoms with Crippen LogP contribution in [0, 0.1) is 6.92 Å². The molecule has 20 heavy (non-hydrogen) atoms. The van der Waals surface area contributed by atoms with Crippen molar-refractivity contribution < 1.29 is 4.79 Å². The third kappa shape index (κ3) is 2.37. The quantitative estimate of drug-likeness (QED) is 0.808. The van der Waals surface area contributed by atoms with Gasteiger partial charge in [-0.3, -0.25) is 10.1 Å². The summed E-state index contributed by atoms with van der Waals surface area (Å²) in [5, 5.41) is 5.35. The lowest BCUT2D eigenvalue weighted by atomic mass is 10.3. The molecule has 0 aliphatic heterocycles. The maximum absolute atomic E-state index is 12.1. The summed E-state index contributed by atoms with van der Waals surface area (Å²) >= 11 is 2.75. The van der Waals surface area contributed by atoms with Crippen LogP contribution < -0.4 is 5.32 Å². The highest BCUT2D eigenvalue weighted by atomic mass is 32.1. The molecule has 0 saturated heterocycles. The second kappa shape index (κ2) is 5.18. The second-order valence-electron chi connectivity index (χ2n) is 4.26. The SMILES string of the molecule is Cc1ncsc1C(=O)Nc1nc(-c2cccn2C)cs1. The number of thiazole rings is 2. The normalized spacial score (nSPS) is 10.7. The van der Waals surface area contributed by atoms with Gasteiger partial charge in [0.05, 0.1) is 22.6 Å². The lowest BCUT2D eigenvalue weighted by molar-refractivity contribution is 0.103. The van der Waals surface area contributed by atoms with Crippen molar-refractivity contribution in [1.82, 2.24) is 14.5 Å². The zero-order valence-electron chi connectivity index (χ0n) is 11.0. The van der Waals surface area contributed by atoms with Crippen molar-refractivity contribution in [3.05, 3.63) is 39.8 Å². The molecule has 7 heteroatoms. The summed E-state index contributed by atoms with van der Waals surface area (Å²) in [5.74, 6) is -0.155. The van der Waals surface area contributed by atoms with E-state index in [-0.39, 0.29) is 5.91 Å². The van der Waals surface area contributed by atoms with Crippen LogP contribution >= 0.6 is 22.7 Å². The van der Waals surface area contributed by atoms with Crippen molar-refractivity contribution in [3.8, 4) is 11.4 Å². The Hall–Kier alpha value is -1.99. The molecule has 0 aliphatic carbocycles. The summed E-state index contributed by atoms with van der Waals surface area (Å²) in [5.41, 5.74) is 4.29. The molecule has 0 unspecified atom stereocenters. The Labute approximate surface area is 123 Å². The molecule has 0 aliphatic rings. The van der Waals surface area contributed by atoms with Crippen LogP contribution in [-0.2, 0) is 7.05 Å².